The molecule has 0 radical (unpaired) electrons. The molecule has 5 nitrogen and oxygen atoms in total. The maximum absolute atomic E-state index is 11.7. The molecule has 0 aromatic heterocycles. The van der Waals surface area contributed by atoms with Gasteiger partial charge in [0.1, 0.15) is 12.7 Å². The average Bonchev–Trinajstić information content (AvgIpc) is 2.70. The number of hydrogen-bond donors (Lipinski definition) is 1. The number of hydrogen-bond acceptors (Lipinski definition) is 5. The molecule has 1 aliphatic carbocycles. The first-order valence-electron chi connectivity index (χ1n) is 7.45. The van der Waals surface area contributed by atoms with E-state index in [-0.39, 0.29) is 12.6 Å². The van der Waals surface area contributed by atoms with Crippen LogP contribution in [0.15, 0.2) is 35.5 Å². The van der Waals surface area contributed by atoms with Crippen LogP contribution in [0.1, 0.15) is 33.1 Å². The second-order valence-corrected chi connectivity index (χ2v) is 5.89. The Balaban J connectivity index is 2.22. The Morgan fingerprint density at radius 3 is 2.95 bits per heavy atom. The van der Waals surface area contributed by atoms with Crippen molar-refractivity contribution in [3.63, 3.8) is 0 Å². The first-order chi connectivity index (χ1) is 10.4. The van der Waals surface area contributed by atoms with E-state index in [1.165, 1.54) is 6.92 Å². The molecule has 0 aromatic carbocycles. The third-order valence-corrected chi connectivity index (χ3v) is 4.03. The van der Waals surface area contributed by atoms with Gasteiger partial charge < -0.3 is 14.6 Å². The molecule has 22 heavy (non-hydrogen) atoms. The fourth-order valence-corrected chi connectivity index (χ4v) is 2.85. The summed E-state index contributed by atoms with van der Waals surface area (Å²) in [7, 11) is 0. The second-order valence-electron chi connectivity index (χ2n) is 5.89. The molecule has 1 saturated heterocycles. The van der Waals surface area contributed by atoms with E-state index in [9.17, 15) is 14.7 Å². The first kappa shape index (κ1) is 16.5. The normalized spacial score (nSPS) is 33.9. The lowest BCUT2D eigenvalue weighted by atomic mass is 9.85. The Bertz CT molecular complexity index is 543. The molecule has 2 rings (SSSR count). The maximum Gasteiger partial charge on any atom is 0.334 e. The van der Waals surface area contributed by atoms with Crippen LogP contribution in [0.5, 0.6) is 0 Å². The Morgan fingerprint density at radius 1 is 1.55 bits per heavy atom. The van der Waals surface area contributed by atoms with Crippen LogP contribution < -0.4 is 0 Å². The summed E-state index contributed by atoms with van der Waals surface area (Å²) in [5.41, 5.74) is 2.24. The molecule has 0 unspecified atom stereocenters. The van der Waals surface area contributed by atoms with Crippen molar-refractivity contribution in [3.8, 4) is 0 Å². The minimum Gasteiger partial charge on any atom is -0.461 e. The van der Waals surface area contributed by atoms with Crippen LogP contribution in [-0.4, -0.2) is 35.9 Å². The van der Waals surface area contributed by atoms with Gasteiger partial charge in [0.15, 0.2) is 0 Å². The van der Waals surface area contributed by atoms with Crippen LogP contribution in [0.2, 0.25) is 0 Å². The van der Waals surface area contributed by atoms with E-state index in [0.717, 1.165) is 24.0 Å². The SMILES string of the molecule is C=C1C(=O)O[C@@H]2/C=C(\C)CC/C=C(\COC(C)=O)C[C@H](O)[C@@H]12. The van der Waals surface area contributed by atoms with Gasteiger partial charge in [0.2, 0.25) is 0 Å². The minimum absolute atomic E-state index is 0.161. The monoisotopic (exact) mass is 306 g/mol. The molecule has 0 saturated carbocycles. The highest BCUT2D eigenvalue weighted by atomic mass is 16.6. The van der Waals surface area contributed by atoms with Gasteiger partial charge in [-0.05, 0) is 37.8 Å². The lowest BCUT2D eigenvalue weighted by Crippen LogP contribution is -2.29. The van der Waals surface area contributed by atoms with Crippen molar-refractivity contribution in [3.05, 3.63) is 35.5 Å². The molecule has 1 N–H and O–H groups in total. The van der Waals surface area contributed by atoms with Crippen molar-refractivity contribution in [2.45, 2.75) is 45.3 Å². The van der Waals surface area contributed by atoms with Crippen LogP contribution >= 0.6 is 0 Å². The lowest BCUT2D eigenvalue weighted by Gasteiger charge is -2.23. The van der Waals surface area contributed by atoms with E-state index in [0.29, 0.717) is 12.0 Å². The summed E-state index contributed by atoms with van der Waals surface area (Å²) in [4.78, 5) is 22.7. The van der Waals surface area contributed by atoms with Gasteiger partial charge in [0.25, 0.3) is 0 Å². The number of carbonyl (C=O) groups excluding carboxylic acids is 2. The smallest absolute Gasteiger partial charge is 0.334 e. The van der Waals surface area contributed by atoms with Crippen LogP contribution in [0.3, 0.4) is 0 Å². The highest BCUT2D eigenvalue weighted by Crippen LogP contribution is 2.34. The van der Waals surface area contributed by atoms with E-state index in [1.807, 2.05) is 19.1 Å². The van der Waals surface area contributed by atoms with Gasteiger partial charge in [-0.15, -0.1) is 0 Å². The van der Waals surface area contributed by atoms with Crippen LogP contribution in [-0.2, 0) is 19.1 Å². The van der Waals surface area contributed by atoms with Crippen LogP contribution in [0.4, 0.5) is 0 Å². The number of esters is 2. The first-order valence-corrected chi connectivity index (χ1v) is 7.45. The van der Waals surface area contributed by atoms with E-state index >= 15 is 0 Å². The molecule has 1 aliphatic heterocycles. The molecular formula is C17H22O5. The van der Waals surface area contributed by atoms with E-state index in [1.54, 1.807) is 0 Å². The maximum atomic E-state index is 11.7. The van der Waals surface area contributed by atoms with Gasteiger partial charge in [-0.1, -0.05) is 18.2 Å². The number of aliphatic hydroxyl groups excluding tert-OH is 1. The van der Waals surface area contributed by atoms with E-state index in [2.05, 4.69) is 6.58 Å². The molecule has 0 aromatic rings. The van der Waals surface area contributed by atoms with Crippen molar-refractivity contribution in [2.75, 3.05) is 6.61 Å². The highest BCUT2D eigenvalue weighted by Gasteiger charge is 2.42. The molecule has 1 fully saturated rings. The summed E-state index contributed by atoms with van der Waals surface area (Å²) >= 11 is 0. The highest BCUT2D eigenvalue weighted by molar-refractivity contribution is 5.91. The average molecular weight is 306 g/mol. The standard InChI is InChI=1S/C17H22O5/c1-10-5-4-6-13(9-21-12(3)18)8-14(19)16-11(2)17(20)22-15(16)7-10/h6-7,14-16,19H,2,4-5,8-9H2,1,3H3/b10-7+,13-6-/t14-,15+,16+/m0/s1. The molecule has 5 heteroatoms. The van der Waals surface area contributed by atoms with Crippen molar-refractivity contribution < 1.29 is 24.2 Å². The zero-order chi connectivity index (χ0) is 16.3. The zero-order valence-electron chi connectivity index (χ0n) is 13.0. The van der Waals surface area contributed by atoms with E-state index in [4.69, 9.17) is 9.47 Å². The summed E-state index contributed by atoms with van der Waals surface area (Å²) in [5.74, 6) is -1.27. The fraction of sp³-hybridized carbons (Fsp3) is 0.529. The Morgan fingerprint density at radius 2 is 2.27 bits per heavy atom. The van der Waals surface area contributed by atoms with Crippen LogP contribution in [0.25, 0.3) is 0 Å². The van der Waals surface area contributed by atoms with Crippen molar-refractivity contribution >= 4 is 11.9 Å². The molecule has 1 heterocycles. The summed E-state index contributed by atoms with van der Waals surface area (Å²) in [5, 5.41) is 10.5. The van der Waals surface area contributed by atoms with E-state index < -0.39 is 24.1 Å². The zero-order valence-corrected chi connectivity index (χ0v) is 13.0. The Hall–Kier alpha value is -1.88. The summed E-state index contributed by atoms with van der Waals surface area (Å²) < 4.78 is 10.3. The molecule has 2 aliphatic rings. The van der Waals surface area contributed by atoms with Gasteiger partial charge in [-0.25, -0.2) is 4.79 Å². The number of allylic oxidation sites excluding steroid dienone is 2. The third-order valence-electron chi connectivity index (χ3n) is 4.03. The predicted molar refractivity (Wildman–Crippen MR) is 80.8 cm³/mol. The Kier molecular flexibility index (Phi) is 5.19. The van der Waals surface area contributed by atoms with Crippen LogP contribution in [0, 0.1) is 5.92 Å². The summed E-state index contributed by atoms with van der Waals surface area (Å²) in [6, 6.07) is 0. The number of aliphatic hydroxyl groups is 1. The minimum atomic E-state index is -0.798. The predicted octanol–water partition coefficient (Wildman–Crippen LogP) is 2.06. The summed E-state index contributed by atoms with van der Waals surface area (Å²) in [6.07, 6.45) is 4.57. The molecular weight excluding hydrogens is 284 g/mol. The lowest BCUT2D eigenvalue weighted by molar-refractivity contribution is -0.140. The van der Waals surface area contributed by atoms with Gasteiger partial charge in [0.05, 0.1) is 12.0 Å². The molecule has 0 amide bonds. The molecule has 120 valence electrons. The third kappa shape index (κ3) is 3.85. The number of fused-ring (bicyclic) bond motifs is 1. The summed E-state index contributed by atoms with van der Waals surface area (Å²) in [6.45, 7) is 7.24. The van der Waals surface area contributed by atoms with Gasteiger partial charge in [0, 0.05) is 12.5 Å². The van der Waals surface area contributed by atoms with Gasteiger partial charge >= 0.3 is 11.9 Å². The van der Waals surface area contributed by atoms with Crippen molar-refractivity contribution in [1.82, 2.24) is 0 Å². The second kappa shape index (κ2) is 6.92. The quantitative estimate of drug-likeness (QED) is 0.480. The Labute approximate surface area is 130 Å². The van der Waals surface area contributed by atoms with Crippen molar-refractivity contribution in [1.29, 1.82) is 0 Å². The topological polar surface area (TPSA) is 72.8 Å². The number of ether oxygens (including phenoxy) is 2. The van der Waals surface area contributed by atoms with Crippen molar-refractivity contribution in [2.24, 2.45) is 5.92 Å². The number of carbonyl (C=O) groups is 2. The molecule has 0 bridgehead atoms. The molecule has 0 spiro atoms. The molecule has 3 atom stereocenters. The number of rotatable bonds is 2. The van der Waals surface area contributed by atoms with Gasteiger partial charge in [-0.3, -0.25) is 4.79 Å². The van der Waals surface area contributed by atoms with Gasteiger partial charge in [-0.2, -0.15) is 0 Å². The fourth-order valence-electron chi connectivity index (χ4n) is 2.85. The largest absolute Gasteiger partial charge is 0.461 e.